The van der Waals surface area contributed by atoms with Crippen molar-refractivity contribution in [1.29, 1.82) is 0 Å². The van der Waals surface area contributed by atoms with Crippen molar-refractivity contribution >= 4 is 11.4 Å². The Morgan fingerprint density at radius 2 is 1.83 bits per heavy atom. The zero-order chi connectivity index (χ0) is 23.6. The Hall–Kier alpha value is -2.90. The summed E-state index contributed by atoms with van der Waals surface area (Å²) in [5, 5.41) is 0. The van der Waals surface area contributed by atoms with Gasteiger partial charge in [0.2, 0.25) is 0 Å². The number of morpholine rings is 1. The number of para-hydroxylation sites is 1. The number of amides is 1. The maximum Gasteiger partial charge on any atom is 0.258 e. The summed E-state index contributed by atoms with van der Waals surface area (Å²) < 4.78 is 13.7. The van der Waals surface area contributed by atoms with Gasteiger partial charge < -0.3 is 18.8 Å². The minimum Gasteiger partial charge on any atom is -0.491 e. The van der Waals surface area contributed by atoms with E-state index in [4.69, 9.17) is 14.5 Å². The molecule has 7 heteroatoms. The summed E-state index contributed by atoms with van der Waals surface area (Å²) in [6, 6.07) is 12.6. The fourth-order valence-corrected chi connectivity index (χ4v) is 6.27. The van der Waals surface area contributed by atoms with E-state index in [0.29, 0.717) is 35.9 Å². The zero-order valence-corrected chi connectivity index (χ0v) is 20.2. The van der Waals surface area contributed by atoms with E-state index in [0.717, 1.165) is 65.0 Å². The lowest BCUT2D eigenvalue weighted by Gasteiger charge is -2.39. The molecule has 35 heavy (non-hydrogen) atoms. The minimum atomic E-state index is 0.129. The molecule has 3 fully saturated rings. The predicted octanol–water partition coefficient (Wildman–Crippen LogP) is 3.67. The van der Waals surface area contributed by atoms with E-state index in [-0.39, 0.29) is 5.91 Å². The normalized spacial score (nSPS) is 24.7. The molecule has 3 saturated heterocycles. The molecule has 7 nitrogen and oxygen atoms in total. The van der Waals surface area contributed by atoms with Crippen molar-refractivity contribution in [2.24, 2.45) is 5.92 Å². The van der Waals surface area contributed by atoms with Crippen LogP contribution >= 0.6 is 0 Å². The summed E-state index contributed by atoms with van der Waals surface area (Å²) >= 11 is 0. The van der Waals surface area contributed by atoms with Gasteiger partial charge in [-0.15, -0.1) is 0 Å². The number of benzene rings is 1. The van der Waals surface area contributed by atoms with Crippen molar-refractivity contribution < 1.29 is 14.3 Å². The van der Waals surface area contributed by atoms with Gasteiger partial charge in [-0.25, -0.2) is 0 Å². The average Bonchev–Trinajstić information content (AvgIpc) is 3.48. The summed E-state index contributed by atoms with van der Waals surface area (Å²) in [6.07, 6.45) is 11.2. The van der Waals surface area contributed by atoms with Gasteiger partial charge in [0.1, 0.15) is 12.4 Å². The van der Waals surface area contributed by atoms with E-state index in [2.05, 4.69) is 32.5 Å². The standard InChI is InChI=1S/C28H34N4O3/c33-28(24-4-1-2-6-27(24)35-17-14-30-12-15-34-16-13-30)32-22-7-8-23(32)19-21(18-22)20-25-26-5-3-10-31(26)11-9-29-25/h1-6,9-11,21-23H,7-8,12-20H2/t22-,23-/m0/s1. The van der Waals surface area contributed by atoms with Gasteiger partial charge in [-0.05, 0) is 62.3 Å². The number of carbonyl (C=O) groups is 1. The van der Waals surface area contributed by atoms with Crippen LogP contribution in [0.4, 0.5) is 0 Å². The molecule has 3 aromatic rings. The molecule has 0 N–H and O–H groups in total. The molecule has 3 aliphatic rings. The van der Waals surface area contributed by atoms with Crippen LogP contribution < -0.4 is 4.74 Å². The number of nitrogens with zero attached hydrogens (tertiary/aromatic N) is 4. The Morgan fingerprint density at radius 3 is 2.66 bits per heavy atom. The van der Waals surface area contributed by atoms with Crippen molar-refractivity contribution in [3.05, 3.63) is 66.2 Å². The fourth-order valence-electron chi connectivity index (χ4n) is 6.27. The summed E-state index contributed by atoms with van der Waals surface area (Å²) in [7, 11) is 0. The summed E-state index contributed by atoms with van der Waals surface area (Å²) in [5.74, 6) is 1.39. The molecular formula is C28H34N4O3. The third-order valence-electron chi connectivity index (χ3n) is 7.97. The first kappa shape index (κ1) is 22.6. The van der Waals surface area contributed by atoms with E-state index >= 15 is 0 Å². The van der Waals surface area contributed by atoms with Crippen LogP contribution in [0.15, 0.2) is 55.0 Å². The molecule has 184 valence electrons. The molecular weight excluding hydrogens is 440 g/mol. The van der Waals surface area contributed by atoms with E-state index < -0.39 is 0 Å². The quantitative estimate of drug-likeness (QED) is 0.523. The second-order valence-corrected chi connectivity index (χ2v) is 10.1. The topological polar surface area (TPSA) is 59.3 Å². The minimum absolute atomic E-state index is 0.129. The van der Waals surface area contributed by atoms with Crippen molar-refractivity contribution in [3.8, 4) is 5.75 Å². The number of aromatic nitrogens is 2. The number of ether oxygens (including phenoxy) is 2. The highest BCUT2D eigenvalue weighted by Gasteiger charge is 2.44. The molecule has 0 radical (unpaired) electrons. The number of hydrogen-bond acceptors (Lipinski definition) is 5. The van der Waals surface area contributed by atoms with Gasteiger partial charge >= 0.3 is 0 Å². The Bertz CT molecular complexity index is 1160. The van der Waals surface area contributed by atoms with Crippen LogP contribution in [-0.4, -0.2) is 76.6 Å². The van der Waals surface area contributed by atoms with Crippen molar-refractivity contribution in [2.75, 3.05) is 39.5 Å². The molecule has 1 amide bonds. The van der Waals surface area contributed by atoms with Crippen LogP contribution in [-0.2, 0) is 11.2 Å². The van der Waals surface area contributed by atoms with Gasteiger partial charge in [0.05, 0.1) is 30.0 Å². The van der Waals surface area contributed by atoms with E-state index in [1.54, 1.807) is 0 Å². The first-order valence-electron chi connectivity index (χ1n) is 13.0. The zero-order valence-electron chi connectivity index (χ0n) is 20.2. The van der Waals surface area contributed by atoms with Crippen molar-refractivity contribution in [1.82, 2.24) is 19.2 Å². The van der Waals surface area contributed by atoms with Crippen LogP contribution in [0, 0.1) is 5.92 Å². The molecule has 3 aliphatic heterocycles. The molecule has 2 aromatic heterocycles. The lowest BCUT2D eigenvalue weighted by atomic mass is 9.86. The highest BCUT2D eigenvalue weighted by atomic mass is 16.5. The SMILES string of the molecule is O=C(c1ccccc1OCCN1CCOCC1)N1[C@H]2CC[C@H]1CC(Cc1nccn3cccc13)C2. The number of carbonyl (C=O) groups excluding carboxylic acids is 1. The number of piperidine rings is 1. The van der Waals surface area contributed by atoms with E-state index in [9.17, 15) is 4.79 Å². The fraction of sp³-hybridized carbons (Fsp3) is 0.500. The van der Waals surface area contributed by atoms with Gasteiger partial charge in [0, 0.05) is 50.3 Å². The second kappa shape index (κ2) is 9.99. The summed E-state index contributed by atoms with van der Waals surface area (Å²) in [5.41, 5.74) is 3.06. The van der Waals surface area contributed by atoms with Crippen molar-refractivity contribution in [2.45, 2.75) is 44.2 Å². The first-order chi connectivity index (χ1) is 17.3. The number of hydrogen-bond donors (Lipinski definition) is 0. The third-order valence-corrected chi connectivity index (χ3v) is 7.97. The molecule has 0 unspecified atom stereocenters. The maximum atomic E-state index is 13.8. The molecule has 6 rings (SSSR count). The number of fused-ring (bicyclic) bond motifs is 3. The maximum absolute atomic E-state index is 13.8. The van der Waals surface area contributed by atoms with Gasteiger partial charge in [0.25, 0.3) is 5.91 Å². The van der Waals surface area contributed by atoms with Crippen molar-refractivity contribution in [3.63, 3.8) is 0 Å². The molecule has 5 heterocycles. The molecule has 1 aromatic carbocycles. The molecule has 0 aliphatic carbocycles. The van der Waals surface area contributed by atoms with Crippen LogP contribution in [0.2, 0.25) is 0 Å². The van der Waals surface area contributed by atoms with Crippen LogP contribution in [0.25, 0.3) is 5.52 Å². The first-order valence-corrected chi connectivity index (χ1v) is 13.0. The molecule has 2 atom stereocenters. The highest BCUT2D eigenvalue weighted by molar-refractivity contribution is 5.97. The average molecular weight is 475 g/mol. The molecule has 0 saturated carbocycles. The van der Waals surface area contributed by atoms with Gasteiger partial charge in [0.15, 0.2) is 0 Å². The van der Waals surface area contributed by atoms with Crippen LogP contribution in [0.1, 0.15) is 41.7 Å². The smallest absolute Gasteiger partial charge is 0.258 e. The van der Waals surface area contributed by atoms with Crippen LogP contribution in [0.5, 0.6) is 5.75 Å². The predicted molar refractivity (Wildman–Crippen MR) is 134 cm³/mol. The van der Waals surface area contributed by atoms with Gasteiger partial charge in [-0.2, -0.15) is 0 Å². The Kier molecular flexibility index (Phi) is 6.44. The van der Waals surface area contributed by atoms with Gasteiger partial charge in [-0.3, -0.25) is 14.7 Å². The lowest BCUT2D eigenvalue weighted by molar-refractivity contribution is 0.0320. The Labute approximate surface area is 206 Å². The Balaban J connectivity index is 1.11. The highest BCUT2D eigenvalue weighted by Crippen LogP contribution is 2.41. The lowest BCUT2D eigenvalue weighted by Crippen LogP contribution is -2.47. The van der Waals surface area contributed by atoms with E-state index in [1.807, 2.05) is 36.7 Å². The third kappa shape index (κ3) is 4.67. The molecule has 2 bridgehead atoms. The summed E-state index contributed by atoms with van der Waals surface area (Å²) in [4.78, 5) is 23.0. The monoisotopic (exact) mass is 474 g/mol. The largest absolute Gasteiger partial charge is 0.491 e. The van der Waals surface area contributed by atoms with Gasteiger partial charge in [-0.1, -0.05) is 12.1 Å². The number of rotatable bonds is 7. The van der Waals surface area contributed by atoms with E-state index in [1.165, 1.54) is 11.2 Å². The summed E-state index contributed by atoms with van der Waals surface area (Å²) in [6.45, 7) is 4.88. The second-order valence-electron chi connectivity index (χ2n) is 10.1. The molecule has 0 spiro atoms. The van der Waals surface area contributed by atoms with Crippen LogP contribution in [0.3, 0.4) is 0 Å². The Morgan fingerprint density at radius 1 is 1.03 bits per heavy atom.